The second kappa shape index (κ2) is 7.74. The first-order chi connectivity index (χ1) is 7.21. The topological polar surface area (TPSA) is 17.1 Å². The normalized spacial score (nSPS) is 12.9. The van der Waals surface area contributed by atoms with Crippen molar-refractivity contribution in [1.82, 2.24) is 0 Å². The quantitative estimate of drug-likeness (QED) is 0.473. The molecule has 15 heavy (non-hydrogen) atoms. The van der Waals surface area contributed by atoms with Gasteiger partial charge in [-0.2, -0.15) is 0 Å². The summed E-state index contributed by atoms with van der Waals surface area (Å²) < 4.78 is 0. The Kier molecular flexibility index (Phi) is 6.90. The number of carbonyl (C=O) groups excluding carboxylic acids is 1. The average Bonchev–Trinajstić information content (AvgIpc) is 2.24. The summed E-state index contributed by atoms with van der Waals surface area (Å²) >= 11 is 0. The van der Waals surface area contributed by atoms with Gasteiger partial charge in [-0.15, -0.1) is 0 Å². The Morgan fingerprint density at radius 1 is 1.27 bits per heavy atom. The van der Waals surface area contributed by atoms with E-state index in [1.54, 1.807) is 18.2 Å². The van der Waals surface area contributed by atoms with Crippen LogP contribution in [-0.4, -0.2) is 5.78 Å². The van der Waals surface area contributed by atoms with Gasteiger partial charge in [0.15, 0.2) is 5.78 Å². The van der Waals surface area contributed by atoms with Crippen LogP contribution in [0.5, 0.6) is 0 Å². The van der Waals surface area contributed by atoms with E-state index in [2.05, 4.69) is 13.2 Å². The van der Waals surface area contributed by atoms with Crippen molar-refractivity contribution in [2.75, 3.05) is 0 Å². The summed E-state index contributed by atoms with van der Waals surface area (Å²) in [4.78, 5) is 11.9. The number of Topliss-reactive ketones (excluding diaryl/α,β-unsaturated/α-hetero) is 1. The van der Waals surface area contributed by atoms with Gasteiger partial charge in [0.25, 0.3) is 0 Å². The molecule has 0 aromatic rings. The number of hydrogen-bond donors (Lipinski definition) is 0. The fourth-order valence-electron chi connectivity index (χ4n) is 1.17. The Morgan fingerprint density at radius 2 is 1.93 bits per heavy atom. The average molecular weight is 202 g/mol. The highest BCUT2D eigenvalue weighted by molar-refractivity contribution is 6.11. The molecule has 1 nitrogen and oxygen atoms in total. The molecule has 0 fully saturated rings. The van der Waals surface area contributed by atoms with E-state index in [1.165, 1.54) is 0 Å². The second-order valence-corrected chi connectivity index (χ2v) is 2.96. The van der Waals surface area contributed by atoms with Crippen molar-refractivity contribution in [3.63, 3.8) is 0 Å². The van der Waals surface area contributed by atoms with Crippen molar-refractivity contribution < 1.29 is 4.79 Å². The van der Waals surface area contributed by atoms with Crippen molar-refractivity contribution in [3.8, 4) is 0 Å². The maximum absolute atomic E-state index is 11.9. The van der Waals surface area contributed by atoms with Gasteiger partial charge in [-0.1, -0.05) is 56.5 Å². The van der Waals surface area contributed by atoms with Gasteiger partial charge in [0.2, 0.25) is 0 Å². The van der Waals surface area contributed by atoms with Crippen LogP contribution in [0.2, 0.25) is 0 Å². The zero-order valence-corrected chi connectivity index (χ0v) is 9.49. The summed E-state index contributed by atoms with van der Waals surface area (Å²) in [5.74, 6) is -0.00940. The van der Waals surface area contributed by atoms with Crippen molar-refractivity contribution >= 4 is 5.78 Å². The first-order valence-electron chi connectivity index (χ1n) is 5.03. The second-order valence-electron chi connectivity index (χ2n) is 2.96. The number of ketones is 1. The molecule has 0 atom stereocenters. The molecule has 0 aliphatic heterocycles. The van der Waals surface area contributed by atoms with Crippen LogP contribution in [0.25, 0.3) is 0 Å². The van der Waals surface area contributed by atoms with E-state index in [1.807, 2.05) is 32.1 Å². The molecule has 0 amide bonds. The lowest BCUT2D eigenvalue weighted by atomic mass is 10.0. The van der Waals surface area contributed by atoms with Gasteiger partial charge in [0.05, 0.1) is 0 Å². The Labute approximate surface area is 92.2 Å². The van der Waals surface area contributed by atoms with E-state index >= 15 is 0 Å². The summed E-state index contributed by atoms with van der Waals surface area (Å²) in [6, 6.07) is 0. The molecular formula is C14H18O. The van der Waals surface area contributed by atoms with Gasteiger partial charge in [0, 0.05) is 11.1 Å². The molecule has 0 aliphatic carbocycles. The van der Waals surface area contributed by atoms with Gasteiger partial charge < -0.3 is 0 Å². The highest BCUT2D eigenvalue weighted by Crippen LogP contribution is 2.10. The van der Waals surface area contributed by atoms with Crippen LogP contribution in [0, 0.1) is 0 Å². The smallest absolute Gasteiger partial charge is 0.192 e. The molecule has 0 aromatic heterocycles. The minimum Gasteiger partial charge on any atom is -0.289 e. The van der Waals surface area contributed by atoms with Crippen molar-refractivity contribution in [3.05, 3.63) is 60.8 Å². The molecule has 0 radical (unpaired) electrons. The molecule has 80 valence electrons. The van der Waals surface area contributed by atoms with E-state index in [9.17, 15) is 4.79 Å². The predicted octanol–water partition coefficient (Wildman–Crippen LogP) is 3.77. The van der Waals surface area contributed by atoms with Crippen molar-refractivity contribution in [1.29, 1.82) is 0 Å². The van der Waals surface area contributed by atoms with Crippen LogP contribution in [0.3, 0.4) is 0 Å². The largest absolute Gasteiger partial charge is 0.289 e. The maximum Gasteiger partial charge on any atom is 0.192 e. The summed E-state index contributed by atoms with van der Waals surface area (Å²) in [6.45, 7) is 11.1. The molecule has 0 spiro atoms. The van der Waals surface area contributed by atoms with Gasteiger partial charge in [-0.05, 0) is 13.3 Å². The summed E-state index contributed by atoms with van der Waals surface area (Å²) in [5.41, 5.74) is 1.27. The Bertz CT molecular complexity index is 327. The third-order valence-electron chi connectivity index (χ3n) is 1.81. The zero-order valence-electron chi connectivity index (χ0n) is 9.49. The van der Waals surface area contributed by atoms with Gasteiger partial charge in [-0.25, -0.2) is 0 Å². The molecule has 0 aromatic carbocycles. The minimum atomic E-state index is -0.00940. The number of allylic oxidation sites excluding steroid dienone is 8. The predicted molar refractivity (Wildman–Crippen MR) is 66.7 cm³/mol. The van der Waals surface area contributed by atoms with Crippen LogP contribution >= 0.6 is 0 Å². The van der Waals surface area contributed by atoms with Gasteiger partial charge in [0.1, 0.15) is 0 Å². The highest BCUT2D eigenvalue weighted by atomic mass is 16.1. The fraction of sp³-hybridized carbons (Fsp3) is 0.214. The van der Waals surface area contributed by atoms with E-state index < -0.39 is 0 Å². The fourth-order valence-corrected chi connectivity index (χ4v) is 1.17. The van der Waals surface area contributed by atoms with Crippen LogP contribution in [0.15, 0.2) is 60.8 Å². The zero-order chi connectivity index (χ0) is 11.7. The number of hydrogen-bond acceptors (Lipinski definition) is 1. The Morgan fingerprint density at radius 3 is 2.33 bits per heavy atom. The lowest BCUT2D eigenvalue weighted by Gasteiger charge is -2.01. The van der Waals surface area contributed by atoms with E-state index in [4.69, 9.17) is 0 Å². The molecule has 0 heterocycles. The van der Waals surface area contributed by atoms with E-state index in [0.29, 0.717) is 11.1 Å². The van der Waals surface area contributed by atoms with Crippen LogP contribution in [0.1, 0.15) is 20.3 Å². The van der Waals surface area contributed by atoms with Crippen LogP contribution in [0.4, 0.5) is 0 Å². The SMILES string of the molecule is C=C/C=C(\C=C)C(=O)C(/C=C\C)=C/CC. The molecule has 0 N–H and O–H groups in total. The minimum absolute atomic E-state index is 0.00940. The number of carbonyl (C=O) groups is 1. The van der Waals surface area contributed by atoms with E-state index in [-0.39, 0.29) is 5.78 Å². The Balaban J connectivity index is 5.09. The standard InChI is InChI=1S/C14H18O/c1-5-9-12(8-4)14(15)13(10-6-2)11-7-3/h5-6,8-11H,1,4,7H2,2-3H3/b10-6-,12-9+,13-11+. The first kappa shape index (κ1) is 13.4. The molecule has 0 saturated carbocycles. The summed E-state index contributed by atoms with van der Waals surface area (Å²) in [7, 11) is 0. The molecule has 1 heteroatoms. The number of rotatable bonds is 6. The Hall–Kier alpha value is -1.63. The van der Waals surface area contributed by atoms with Gasteiger partial charge in [-0.3, -0.25) is 4.79 Å². The van der Waals surface area contributed by atoms with E-state index in [0.717, 1.165) is 6.42 Å². The monoisotopic (exact) mass is 202 g/mol. The summed E-state index contributed by atoms with van der Waals surface area (Å²) in [6.07, 6.45) is 11.2. The maximum atomic E-state index is 11.9. The first-order valence-corrected chi connectivity index (χ1v) is 5.03. The summed E-state index contributed by atoms with van der Waals surface area (Å²) in [5, 5.41) is 0. The lowest BCUT2D eigenvalue weighted by molar-refractivity contribution is -0.111. The van der Waals surface area contributed by atoms with Crippen molar-refractivity contribution in [2.45, 2.75) is 20.3 Å². The highest BCUT2D eigenvalue weighted by Gasteiger charge is 2.08. The van der Waals surface area contributed by atoms with Crippen molar-refractivity contribution in [2.24, 2.45) is 0 Å². The lowest BCUT2D eigenvalue weighted by Crippen LogP contribution is -2.02. The molecular weight excluding hydrogens is 184 g/mol. The van der Waals surface area contributed by atoms with Crippen LogP contribution in [-0.2, 0) is 4.79 Å². The molecule has 0 bridgehead atoms. The molecule has 0 rings (SSSR count). The third kappa shape index (κ3) is 4.41. The molecule has 0 aliphatic rings. The van der Waals surface area contributed by atoms with Gasteiger partial charge >= 0.3 is 0 Å². The van der Waals surface area contributed by atoms with Crippen LogP contribution < -0.4 is 0 Å². The molecule has 0 saturated heterocycles. The third-order valence-corrected chi connectivity index (χ3v) is 1.81. The molecule has 0 unspecified atom stereocenters.